The third-order valence-corrected chi connectivity index (χ3v) is 3.51. The van der Waals surface area contributed by atoms with Crippen LogP contribution >= 0.6 is 0 Å². The molecule has 22 heavy (non-hydrogen) atoms. The molecule has 1 atom stereocenters. The molecule has 7 nitrogen and oxygen atoms in total. The predicted octanol–water partition coefficient (Wildman–Crippen LogP) is -0.116. The Bertz CT molecular complexity index is 584. The lowest BCUT2D eigenvalue weighted by molar-refractivity contribution is -0.119. The van der Waals surface area contributed by atoms with Crippen LogP contribution in [0.5, 0.6) is 0 Å². The van der Waals surface area contributed by atoms with Crippen LogP contribution in [-0.2, 0) is 9.53 Å². The van der Waals surface area contributed by atoms with Gasteiger partial charge in [0.15, 0.2) is 0 Å². The number of hydrogen-bond acceptors (Lipinski definition) is 6. The molecule has 0 saturated carbocycles. The molecule has 0 bridgehead atoms. The fourth-order valence-corrected chi connectivity index (χ4v) is 2.57. The summed E-state index contributed by atoms with van der Waals surface area (Å²) in [6, 6.07) is 5.81. The van der Waals surface area contributed by atoms with Gasteiger partial charge in [0.25, 0.3) is 0 Å². The second-order valence-electron chi connectivity index (χ2n) is 5.54. The average molecular weight is 303 g/mol. The Morgan fingerprint density at radius 2 is 2.41 bits per heavy atom. The highest BCUT2D eigenvalue weighted by Gasteiger charge is 2.24. The van der Waals surface area contributed by atoms with Crippen LogP contribution < -0.4 is 10.6 Å². The van der Waals surface area contributed by atoms with Crippen molar-refractivity contribution >= 4 is 11.7 Å². The number of primary amides is 1. The standard InChI is InChI=1S/C15H21N5O2/c1-11-3-4-12(7-16)15(18-11)20-5-6-22-13(9-20)8-19(2)10-14(17)21/h3-4,13H,5-6,8-10H2,1-2H3,(H2,17,21). The minimum Gasteiger partial charge on any atom is -0.373 e. The Labute approximate surface area is 130 Å². The molecule has 2 rings (SSSR count). The lowest BCUT2D eigenvalue weighted by atomic mass is 10.2. The maximum absolute atomic E-state index is 10.9. The molecular formula is C15H21N5O2. The number of aromatic nitrogens is 1. The molecular weight excluding hydrogens is 282 g/mol. The number of nitrogens with two attached hydrogens (primary N) is 1. The molecule has 1 aliphatic rings. The largest absolute Gasteiger partial charge is 0.373 e. The number of ether oxygens (including phenoxy) is 1. The average Bonchev–Trinajstić information content (AvgIpc) is 2.46. The molecule has 0 aliphatic carbocycles. The summed E-state index contributed by atoms with van der Waals surface area (Å²) in [6.45, 7) is 4.60. The van der Waals surface area contributed by atoms with E-state index in [-0.39, 0.29) is 18.6 Å². The Balaban J connectivity index is 2.06. The van der Waals surface area contributed by atoms with Gasteiger partial charge in [-0.2, -0.15) is 5.26 Å². The van der Waals surface area contributed by atoms with E-state index in [4.69, 9.17) is 10.5 Å². The number of hydrogen-bond donors (Lipinski definition) is 1. The van der Waals surface area contributed by atoms with E-state index in [9.17, 15) is 10.1 Å². The van der Waals surface area contributed by atoms with Crippen molar-refractivity contribution < 1.29 is 9.53 Å². The molecule has 7 heteroatoms. The van der Waals surface area contributed by atoms with E-state index in [0.717, 1.165) is 5.69 Å². The summed E-state index contributed by atoms with van der Waals surface area (Å²) < 4.78 is 5.74. The SMILES string of the molecule is Cc1ccc(C#N)c(N2CCOC(CN(C)CC(N)=O)C2)n1. The molecule has 1 unspecified atom stereocenters. The number of aryl methyl sites for hydroxylation is 1. The second kappa shape index (κ2) is 7.20. The van der Waals surface area contributed by atoms with Crippen LogP contribution in [0.25, 0.3) is 0 Å². The van der Waals surface area contributed by atoms with Gasteiger partial charge in [0.2, 0.25) is 5.91 Å². The number of likely N-dealkylation sites (N-methyl/N-ethyl adjacent to an activating group) is 1. The van der Waals surface area contributed by atoms with Crippen molar-refractivity contribution in [1.82, 2.24) is 9.88 Å². The van der Waals surface area contributed by atoms with E-state index < -0.39 is 0 Å². The van der Waals surface area contributed by atoms with Crippen molar-refractivity contribution in [2.24, 2.45) is 5.73 Å². The van der Waals surface area contributed by atoms with Gasteiger partial charge in [0.1, 0.15) is 11.9 Å². The van der Waals surface area contributed by atoms with E-state index >= 15 is 0 Å². The monoisotopic (exact) mass is 303 g/mol. The van der Waals surface area contributed by atoms with Gasteiger partial charge < -0.3 is 15.4 Å². The van der Waals surface area contributed by atoms with Crippen molar-refractivity contribution in [1.29, 1.82) is 5.26 Å². The molecule has 1 fully saturated rings. The van der Waals surface area contributed by atoms with Gasteiger partial charge in [0, 0.05) is 25.3 Å². The number of morpholine rings is 1. The topological polar surface area (TPSA) is 95.5 Å². The molecule has 0 radical (unpaired) electrons. The zero-order chi connectivity index (χ0) is 16.1. The van der Waals surface area contributed by atoms with Crippen LogP contribution in [0, 0.1) is 18.3 Å². The number of nitriles is 1. The molecule has 118 valence electrons. The first kappa shape index (κ1) is 16.2. The number of pyridine rings is 1. The summed E-state index contributed by atoms with van der Waals surface area (Å²) in [7, 11) is 1.83. The lowest BCUT2D eigenvalue weighted by Crippen LogP contribution is -2.48. The third kappa shape index (κ3) is 4.16. The van der Waals surface area contributed by atoms with Gasteiger partial charge in [-0.15, -0.1) is 0 Å². The first-order valence-electron chi connectivity index (χ1n) is 7.20. The Morgan fingerprint density at radius 3 is 3.09 bits per heavy atom. The quantitative estimate of drug-likeness (QED) is 0.815. The molecule has 2 N–H and O–H groups in total. The fraction of sp³-hybridized carbons (Fsp3) is 0.533. The van der Waals surface area contributed by atoms with Crippen LogP contribution in [0.3, 0.4) is 0 Å². The number of amides is 1. The van der Waals surface area contributed by atoms with E-state index in [1.807, 2.05) is 24.9 Å². The normalized spacial score (nSPS) is 18.3. The van der Waals surface area contributed by atoms with E-state index in [1.165, 1.54) is 0 Å². The van der Waals surface area contributed by atoms with Crippen molar-refractivity contribution in [2.75, 3.05) is 44.7 Å². The predicted molar refractivity (Wildman–Crippen MR) is 82.3 cm³/mol. The maximum atomic E-state index is 10.9. The van der Waals surface area contributed by atoms with Crippen LogP contribution in [0.2, 0.25) is 0 Å². The highest BCUT2D eigenvalue weighted by Crippen LogP contribution is 2.20. The Morgan fingerprint density at radius 1 is 1.64 bits per heavy atom. The number of carbonyl (C=O) groups is 1. The summed E-state index contributed by atoms with van der Waals surface area (Å²) in [4.78, 5) is 19.3. The van der Waals surface area contributed by atoms with Crippen molar-refractivity contribution in [3.8, 4) is 6.07 Å². The van der Waals surface area contributed by atoms with Gasteiger partial charge in [0.05, 0.1) is 24.8 Å². The summed E-state index contributed by atoms with van der Waals surface area (Å²) in [5.74, 6) is 0.343. The Kier molecular flexibility index (Phi) is 5.31. The number of nitrogens with zero attached hydrogens (tertiary/aromatic N) is 4. The first-order valence-corrected chi connectivity index (χ1v) is 7.20. The molecule has 0 spiro atoms. The molecule has 1 saturated heterocycles. The zero-order valence-electron chi connectivity index (χ0n) is 13.0. The van der Waals surface area contributed by atoms with Crippen molar-refractivity contribution in [3.05, 3.63) is 23.4 Å². The van der Waals surface area contributed by atoms with Gasteiger partial charge in [-0.3, -0.25) is 9.69 Å². The van der Waals surface area contributed by atoms with Crippen LogP contribution in [-0.4, -0.2) is 61.7 Å². The highest BCUT2D eigenvalue weighted by molar-refractivity contribution is 5.75. The molecule has 0 aromatic carbocycles. The minimum atomic E-state index is -0.359. The molecule has 1 aromatic rings. The maximum Gasteiger partial charge on any atom is 0.231 e. The van der Waals surface area contributed by atoms with E-state index in [2.05, 4.69) is 16.0 Å². The van der Waals surface area contributed by atoms with Gasteiger partial charge in [-0.1, -0.05) is 0 Å². The van der Waals surface area contributed by atoms with E-state index in [1.54, 1.807) is 6.07 Å². The van der Waals surface area contributed by atoms with Gasteiger partial charge >= 0.3 is 0 Å². The highest BCUT2D eigenvalue weighted by atomic mass is 16.5. The first-order chi connectivity index (χ1) is 10.5. The van der Waals surface area contributed by atoms with Crippen LogP contribution in [0.4, 0.5) is 5.82 Å². The number of rotatable bonds is 5. The summed E-state index contributed by atoms with van der Waals surface area (Å²) in [5, 5.41) is 9.24. The molecule has 1 amide bonds. The van der Waals surface area contributed by atoms with Crippen molar-refractivity contribution in [3.63, 3.8) is 0 Å². The summed E-state index contributed by atoms with van der Waals surface area (Å²) >= 11 is 0. The van der Waals surface area contributed by atoms with Crippen LogP contribution in [0.1, 0.15) is 11.3 Å². The lowest BCUT2D eigenvalue weighted by Gasteiger charge is -2.35. The summed E-state index contributed by atoms with van der Waals surface area (Å²) in [6.07, 6.45) is -0.0491. The summed E-state index contributed by atoms with van der Waals surface area (Å²) in [5.41, 5.74) is 6.64. The third-order valence-electron chi connectivity index (χ3n) is 3.51. The zero-order valence-corrected chi connectivity index (χ0v) is 13.0. The number of carbonyl (C=O) groups excluding carboxylic acids is 1. The smallest absolute Gasteiger partial charge is 0.231 e. The second-order valence-corrected chi connectivity index (χ2v) is 5.54. The van der Waals surface area contributed by atoms with E-state index in [0.29, 0.717) is 37.6 Å². The van der Waals surface area contributed by atoms with Gasteiger partial charge in [-0.05, 0) is 26.1 Å². The number of anilines is 1. The molecule has 2 heterocycles. The Hall–Kier alpha value is -2.17. The molecule has 1 aliphatic heterocycles. The minimum absolute atomic E-state index is 0.0491. The van der Waals surface area contributed by atoms with Gasteiger partial charge in [-0.25, -0.2) is 4.98 Å². The fourth-order valence-electron chi connectivity index (χ4n) is 2.57. The van der Waals surface area contributed by atoms with Crippen LogP contribution in [0.15, 0.2) is 12.1 Å². The van der Waals surface area contributed by atoms with Crippen molar-refractivity contribution in [2.45, 2.75) is 13.0 Å². The molecule has 1 aromatic heterocycles.